The molecule has 240 valence electrons. The van der Waals surface area contributed by atoms with E-state index < -0.39 is 0 Å². The van der Waals surface area contributed by atoms with Crippen molar-refractivity contribution in [1.29, 1.82) is 0 Å². The maximum absolute atomic E-state index is 13.9. The molecule has 0 bridgehead atoms. The van der Waals surface area contributed by atoms with Crippen molar-refractivity contribution in [2.45, 2.75) is 0 Å². The molecule has 3 aromatic carbocycles. The van der Waals surface area contributed by atoms with Crippen molar-refractivity contribution in [2.75, 3.05) is 45.7 Å². The van der Waals surface area contributed by atoms with Gasteiger partial charge in [-0.25, -0.2) is 14.5 Å². The number of nitrogens with one attached hydrogen (secondary N) is 1. The van der Waals surface area contributed by atoms with Gasteiger partial charge in [0.1, 0.15) is 23.0 Å². The van der Waals surface area contributed by atoms with Gasteiger partial charge in [0, 0.05) is 55.3 Å². The largest absolute Gasteiger partial charge is 0.497 e. The number of pyridine rings is 1. The molecule has 0 unspecified atom stereocenters. The predicted octanol–water partition coefficient (Wildman–Crippen LogP) is 5.82. The Bertz CT molecular complexity index is 2070. The Labute approximate surface area is 277 Å². The summed E-state index contributed by atoms with van der Waals surface area (Å²) in [6.07, 6.45) is 1.65. The van der Waals surface area contributed by atoms with Crippen molar-refractivity contribution in [3.63, 3.8) is 0 Å². The summed E-state index contributed by atoms with van der Waals surface area (Å²) in [5, 5.41) is 8.10. The number of hydrogen-bond acceptors (Lipinski definition) is 8. The van der Waals surface area contributed by atoms with E-state index in [4.69, 9.17) is 19.6 Å². The van der Waals surface area contributed by atoms with Crippen molar-refractivity contribution in [1.82, 2.24) is 29.4 Å². The van der Waals surface area contributed by atoms with E-state index in [1.54, 1.807) is 52.9 Å². The number of ether oxygens (including phenoxy) is 2. The highest BCUT2D eigenvalue weighted by atomic mass is 16.5. The van der Waals surface area contributed by atoms with E-state index in [0.29, 0.717) is 48.9 Å². The molecule has 1 aliphatic rings. The summed E-state index contributed by atoms with van der Waals surface area (Å²) < 4.78 is 12.4. The van der Waals surface area contributed by atoms with Crippen molar-refractivity contribution < 1.29 is 19.1 Å². The van der Waals surface area contributed by atoms with Crippen LogP contribution in [-0.4, -0.2) is 81.6 Å². The molecular weight excluding hydrogens is 606 g/mol. The Morgan fingerprint density at radius 2 is 1.35 bits per heavy atom. The number of nitrogens with zero attached hydrogens (tertiary/aromatic N) is 6. The van der Waals surface area contributed by atoms with Crippen LogP contribution in [-0.2, 0) is 0 Å². The van der Waals surface area contributed by atoms with Gasteiger partial charge in [0.05, 0.1) is 31.2 Å². The Balaban J connectivity index is 1.11. The zero-order valence-electron chi connectivity index (χ0n) is 26.5. The van der Waals surface area contributed by atoms with E-state index in [9.17, 15) is 9.59 Å². The molecule has 0 spiro atoms. The second-order valence-electron chi connectivity index (χ2n) is 11.3. The Hall–Kier alpha value is -6.23. The lowest BCUT2D eigenvalue weighted by atomic mass is 10.1. The summed E-state index contributed by atoms with van der Waals surface area (Å²) in [4.78, 5) is 40.3. The minimum Gasteiger partial charge on any atom is -0.497 e. The molecule has 1 saturated heterocycles. The minimum absolute atomic E-state index is 0.153. The first-order valence-corrected chi connectivity index (χ1v) is 15.6. The average Bonchev–Trinajstić information content (AvgIpc) is 3.59. The number of hydrogen-bond donors (Lipinski definition) is 1. The van der Waals surface area contributed by atoms with Crippen LogP contribution in [0.2, 0.25) is 0 Å². The zero-order valence-corrected chi connectivity index (χ0v) is 26.5. The number of carbonyl (C=O) groups excluding carboxylic acids is 2. The molecule has 4 heterocycles. The van der Waals surface area contributed by atoms with Crippen molar-refractivity contribution in [3.8, 4) is 34.0 Å². The number of methoxy groups -OCH3 is 2. The number of piperazine rings is 1. The van der Waals surface area contributed by atoms with Crippen LogP contribution >= 0.6 is 0 Å². The molecule has 2 amide bonds. The van der Waals surface area contributed by atoms with Gasteiger partial charge in [-0.05, 0) is 66.7 Å². The molecule has 6 aromatic rings. The highest BCUT2D eigenvalue weighted by molar-refractivity contribution is 6.00. The fourth-order valence-corrected chi connectivity index (χ4v) is 5.73. The SMILES string of the molecule is COc1ccc(Nc2ncccc2C(=O)N2CCN(C(=O)c3cc(-c4ccc(OC)cc4)n4nc(-c5ccccc5)cc4n3)CC2)cc1. The first-order chi connectivity index (χ1) is 23.5. The van der Waals surface area contributed by atoms with Gasteiger partial charge in [0.25, 0.3) is 11.8 Å². The van der Waals surface area contributed by atoms with Crippen LogP contribution < -0.4 is 14.8 Å². The lowest BCUT2D eigenvalue weighted by Crippen LogP contribution is -2.50. The second kappa shape index (κ2) is 13.2. The molecule has 11 nitrogen and oxygen atoms in total. The molecule has 1 fully saturated rings. The summed E-state index contributed by atoms with van der Waals surface area (Å²) in [5.74, 6) is 1.57. The Morgan fingerprint density at radius 3 is 2.02 bits per heavy atom. The molecule has 7 rings (SSSR count). The van der Waals surface area contributed by atoms with E-state index in [1.807, 2.05) is 84.9 Å². The Kier molecular flexibility index (Phi) is 8.40. The van der Waals surface area contributed by atoms with Gasteiger partial charge >= 0.3 is 0 Å². The quantitative estimate of drug-likeness (QED) is 0.222. The van der Waals surface area contributed by atoms with Gasteiger partial charge in [-0.3, -0.25) is 9.59 Å². The van der Waals surface area contributed by atoms with Gasteiger partial charge in [0.15, 0.2) is 5.65 Å². The summed E-state index contributed by atoms with van der Waals surface area (Å²) in [5.41, 5.74) is 5.42. The van der Waals surface area contributed by atoms with Crippen LogP contribution in [0.15, 0.2) is 109 Å². The van der Waals surface area contributed by atoms with Crippen LogP contribution in [0.4, 0.5) is 11.5 Å². The third kappa shape index (κ3) is 6.13. The molecule has 48 heavy (non-hydrogen) atoms. The average molecular weight is 640 g/mol. The topological polar surface area (TPSA) is 114 Å². The third-order valence-electron chi connectivity index (χ3n) is 8.35. The molecule has 1 aliphatic heterocycles. The Morgan fingerprint density at radius 1 is 0.708 bits per heavy atom. The molecule has 11 heteroatoms. The number of rotatable bonds is 8. The van der Waals surface area contributed by atoms with Gasteiger partial charge in [0.2, 0.25) is 0 Å². The number of fused-ring (bicyclic) bond motifs is 1. The van der Waals surface area contributed by atoms with E-state index in [2.05, 4.69) is 10.3 Å². The fourth-order valence-electron chi connectivity index (χ4n) is 5.73. The van der Waals surface area contributed by atoms with Gasteiger partial charge in [-0.15, -0.1) is 0 Å². The third-order valence-corrected chi connectivity index (χ3v) is 8.35. The molecule has 3 aromatic heterocycles. The van der Waals surface area contributed by atoms with E-state index >= 15 is 0 Å². The van der Waals surface area contributed by atoms with Gasteiger partial charge in [-0.1, -0.05) is 30.3 Å². The van der Waals surface area contributed by atoms with E-state index in [-0.39, 0.29) is 11.8 Å². The van der Waals surface area contributed by atoms with E-state index in [0.717, 1.165) is 39.7 Å². The molecule has 0 radical (unpaired) electrons. The zero-order chi connectivity index (χ0) is 33.0. The molecule has 1 N–H and O–H groups in total. The summed E-state index contributed by atoms with van der Waals surface area (Å²) in [7, 11) is 3.24. The first kappa shape index (κ1) is 30.4. The number of carbonyl (C=O) groups is 2. The molecular formula is C37H33N7O4. The predicted molar refractivity (Wildman–Crippen MR) is 183 cm³/mol. The van der Waals surface area contributed by atoms with Gasteiger partial charge in [-0.2, -0.15) is 5.10 Å². The maximum atomic E-state index is 13.9. The lowest BCUT2D eigenvalue weighted by Gasteiger charge is -2.35. The minimum atomic E-state index is -0.204. The van der Waals surface area contributed by atoms with Crippen LogP contribution in [0.3, 0.4) is 0 Å². The summed E-state index contributed by atoms with van der Waals surface area (Å²) in [6.45, 7) is 1.48. The number of amides is 2. The normalized spacial score (nSPS) is 13.0. The highest BCUT2D eigenvalue weighted by Crippen LogP contribution is 2.28. The first-order valence-electron chi connectivity index (χ1n) is 15.6. The smallest absolute Gasteiger partial charge is 0.272 e. The summed E-state index contributed by atoms with van der Waals surface area (Å²) >= 11 is 0. The molecule has 0 atom stereocenters. The van der Waals surface area contributed by atoms with E-state index in [1.165, 1.54) is 0 Å². The molecule has 0 aliphatic carbocycles. The summed E-state index contributed by atoms with van der Waals surface area (Å²) in [6, 6.07) is 32.1. The van der Waals surface area contributed by atoms with Crippen molar-refractivity contribution >= 4 is 29.0 Å². The number of aromatic nitrogens is 4. The number of benzene rings is 3. The standard InChI is InChI=1S/C37H33N7O4/c1-47-28-14-10-26(11-15-28)33-23-32(40-34-24-31(41-44(33)34)25-7-4-3-5-8-25)37(46)43-21-19-42(20-22-43)36(45)30-9-6-18-38-35(30)39-27-12-16-29(48-2)17-13-27/h3-18,23-24H,19-22H2,1-2H3,(H,38,39). The van der Waals surface area contributed by atoms with Crippen LogP contribution in [0.25, 0.3) is 28.2 Å². The number of anilines is 2. The second-order valence-corrected chi connectivity index (χ2v) is 11.3. The van der Waals surface area contributed by atoms with Crippen LogP contribution in [0.5, 0.6) is 11.5 Å². The van der Waals surface area contributed by atoms with Crippen LogP contribution in [0.1, 0.15) is 20.8 Å². The van der Waals surface area contributed by atoms with Gasteiger partial charge < -0.3 is 24.6 Å². The maximum Gasteiger partial charge on any atom is 0.272 e. The fraction of sp³-hybridized carbons (Fsp3) is 0.162. The van der Waals surface area contributed by atoms with Crippen LogP contribution in [0, 0.1) is 0 Å². The van der Waals surface area contributed by atoms with Crippen molar-refractivity contribution in [2.24, 2.45) is 0 Å². The monoisotopic (exact) mass is 639 g/mol. The highest BCUT2D eigenvalue weighted by Gasteiger charge is 2.28. The lowest BCUT2D eigenvalue weighted by molar-refractivity contribution is 0.0533. The molecule has 0 saturated carbocycles. The van der Waals surface area contributed by atoms with Crippen molar-refractivity contribution in [3.05, 3.63) is 121 Å².